The molecule has 2 unspecified atom stereocenters. The Hall–Kier alpha value is -3.69. The predicted octanol–water partition coefficient (Wildman–Crippen LogP) is 15.5. The summed E-state index contributed by atoms with van der Waals surface area (Å²) in [4.78, 5) is 48.5. The SMILES string of the molecule is Cc1cnc2c(ccn2[Si](C(C)C)(C(C)C)C(C)C)c1C(=O)C1CCC(CS(=O)(=O)N(C)C(=O)OC(C)(C)C)CC1.Cc1cnc2c(ccn2[Si](C(C)C)(C(C)C)C(C)C)c1C(O)C1CCC(CS(=O)(=O)N(C)C(=O)OC(C)(C)C)CC1.[2H]CP. The van der Waals surface area contributed by atoms with E-state index in [1.807, 2.05) is 26.2 Å². The van der Waals surface area contributed by atoms with Crippen LogP contribution >= 0.6 is 9.24 Å². The van der Waals surface area contributed by atoms with E-state index in [-0.39, 0.29) is 41.0 Å². The third kappa shape index (κ3) is 15.8. The van der Waals surface area contributed by atoms with E-state index in [1.54, 1.807) is 41.5 Å². The molecular weight excluding hydrogens is 1150 g/mol. The van der Waals surface area contributed by atoms with Crippen LogP contribution in [0.5, 0.6) is 0 Å². The number of ketones is 1. The number of aromatic nitrogens is 4. The molecule has 2 saturated carbocycles. The van der Waals surface area contributed by atoms with Gasteiger partial charge in [0.15, 0.2) is 22.3 Å². The Balaban J connectivity index is 0.000000348. The van der Waals surface area contributed by atoms with Crippen molar-refractivity contribution in [2.24, 2.45) is 23.7 Å². The van der Waals surface area contributed by atoms with Crippen LogP contribution in [-0.2, 0) is 29.5 Å². The quantitative estimate of drug-likeness (QED) is 0.0562. The molecule has 476 valence electrons. The fraction of sp³-hybridized carbons (Fsp3) is 0.730. The maximum atomic E-state index is 14.0. The number of pyridine rings is 2. The molecule has 0 saturated heterocycles. The van der Waals surface area contributed by atoms with Crippen LogP contribution in [0.1, 0.15) is 211 Å². The van der Waals surface area contributed by atoms with Gasteiger partial charge in [-0.15, -0.1) is 9.24 Å². The Bertz CT molecular complexity index is 3090. The van der Waals surface area contributed by atoms with Gasteiger partial charge >= 0.3 is 12.2 Å². The number of sulfonamides is 2. The minimum atomic E-state index is -3.82. The molecule has 6 rings (SSSR count). The van der Waals surface area contributed by atoms with Gasteiger partial charge in [0.25, 0.3) is 0 Å². The number of aliphatic hydroxyl groups excluding tert-OH is 1. The van der Waals surface area contributed by atoms with Crippen LogP contribution in [0.25, 0.3) is 22.1 Å². The molecule has 4 aromatic heterocycles. The average Bonchev–Trinajstić information content (AvgIpc) is 2.75. The van der Waals surface area contributed by atoms with Crippen LogP contribution in [0, 0.1) is 37.5 Å². The number of aliphatic hydroxyl groups is 1. The van der Waals surface area contributed by atoms with Crippen LogP contribution in [-0.4, -0.2) is 127 Å². The van der Waals surface area contributed by atoms with Crippen molar-refractivity contribution in [1.29, 1.82) is 0 Å². The average molecular weight is 1260 g/mol. The Morgan fingerprint density at radius 1 is 0.631 bits per heavy atom. The molecule has 4 heterocycles. The van der Waals surface area contributed by atoms with E-state index in [2.05, 4.69) is 125 Å². The minimum absolute atomic E-state index is 0.0347. The van der Waals surface area contributed by atoms with Crippen molar-refractivity contribution in [3.8, 4) is 0 Å². The standard InChI is InChI=1S/C31H53N3O5SSi.C31H51N3O5SSi.CH5P/c2*1-20(2)41(21(3)4,22(5)6)34-17-16-26-27(23(7)18-32-29(26)34)28(35)25-14-12-24(13-15-25)19-40(37,38)33(11)30(36)39-31(8,9)10;1-2/h16-18,20-22,24-25,28,35H,12-15,19H2,1-11H3;16-18,20-22,24-25H,12-15,19H2,1-11H3;2H2,1H3/i;;1D. The number of fused-ring (bicyclic) bond motifs is 2. The number of hydrogen-bond donors (Lipinski definition) is 1. The first kappa shape index (κ1) is 71.1. The number of rotatable bonds is 18. The molecule has 2 aliphatic carbocycles. The highest BCUT2D eigenvalue weighted by Crippen LogP contribution is 2.48. The first-order valence-corrected chi connectivity index (χ1v) is 39.0. The van der Waals surface area contributed by atoms with Gasteiger partial charge in [0, 0.05) is 50.1 Å². The largest absolute Gasteiger partial charge is 0.443 e. The fourth-order valence-corrected chi connectivity index (χ4v) is 30.7. The Kier molecular flexibility index (Phi) is 24.2. The maximum absolute atomic E-state index is 14.0. The van der Waals surface area contributed by atoms with E-state index in [0.717, 1.165) is 61.5 Å². The third-order valence-corrected chi connectivity index (χ3v) is 35.6. The van der Waals surface area contributed by atoms with Crippen molar-refractivity contribution >= 4 is 85.8 Å². The normalized spacial score (nSPS) is 19.1. The lowest BCUT2D eigenvalue weighted by molar-refractivity contribution is 0.0406. The first-order valence-electron chi connectivity index (χ1n) is 31.4. The number of Topliss-reactive ketones (excluding diaryl/α,β-unsaturated/α-hetero) is 1. The molecule has 21 heteroatoms. The summed E-state index contributed by atoms with van der Waals surface area (Å²) in [6, 6.07) is 4.23. The van der Waals surface area contributed by atoms with Crippen molar-refractivity contribution in [1.82, 2.24) is 27.0 Å². The Morgan fingerprint density at radius 3 is 1.32 bits per heavy atom. The molecule has 4 aromatic rings. The van der Waals surface area contributed by atoms with Gasteiger partial charge in [-0.1, -0.05) is 89.7 Å². The zero-order valence-corrected chi connectivity index (χ0v) is 60.1. The second-order valence-electron chi connectivity index (χ2n) is 28.0. The van der Waals surface area contributed by atoms with Gasteiger partial charge in [-0.3, -0.25) is 4.79 Å². The van der Waals surface area contributed by atoms with Crippen LogP contribution in [0.2, 0.25) is 33.2 Å². The molecule has 84 heavy (non-hydrogen) atoms. The molecule has 0 aliphatic heterocycles. The molecule has 1 N–H and O–H groups in total. The molecule has 2 amide bonds. The molecule has 0 bridgehead atoms. The lowest BCUT2D eigenvalue weighted by atomic mass is 9.77. The van der Waals surface area contributed by atoms with Gasteiger partial charge in [-0.05, 0) is 199 Å². The summed E-state index contributed by atoms with van der Waals surface area (Å²) in [7, 11) is -6.93. The van der Waals surface area contributed by atoms with Crippen molar-refractivity contribution in [3.05, 3.63) is 59.2 Å². The summed E-state index contributed by atoms with van der Waals surface area (Å²) < 4.78 is 74.8. The molecular formula is C63H109N6O10PS2Si2. The molecule has 0 spiro atoms. The van der Waals surface area contributed by atoms with E-state index >= 15 is 0 Å². The summed E-state index contributed by atoms with van der Waals surface area (Å²) in [5.41, 5.74) is 6.98. The third-order valence-electron chi connectivity index (χ3n) is 18.4. The highest BCUT2D eigenvalue weighted by atomic mass is 32.2. The van der Waals surface area contributed by atoms with Gasteiger partial charge in [-0.25, -0.2) is 45.0 Å². The summed E-state index contributed by atoms with van der Waals surface area (Å²) in [6.45, 7) is 42.6. The molecule has 2 fully saturated rings. The highest BCUT2D eigenvalue weighted by molar-refractivity contribution is 7.89. The summed E-state index contributed by atoms with van der Waals surface area (Å²) in [5.74, 6) is -0.395. The van der Waals surface area contributed by atoms with Crippen molar-refractivity contribution in [3.63, 3.8) is 0 Å². The topological polar surface area (TPSA) is 200 Å². The molecule has 0 aromatic carbocycles. The van der Waals surface area contributed by atoms with Gasteiger partial charge in [0.05, 0.1) is 17.6 Å². The summed E-state index contributed by atoms with van der Waals surface area (Å²) >= 11 is 0. The first-order chi connectivity index (χ1) is 39.1. The van der Waals surface area contributed by atoms with E-state index in [0.29, 0.717) is 82.7 Å². The number of nitrogens with zero attached hydrogens (tertiary/aromatic N) is 6. The molecule has 2 aliphatic rings. The second-order valence-corrected chi connectivity index (χ2v) is 43.5. The van der Waals surface area contributed by atoms with E-state index in [9.17, 15) is 36.3 Å². The van der Waals surface area contributed by atoms with Crippen molar-refractivity contribution < 1.29 is 47.2 Å². The summed E-state index contributed by atoms with van der Waals surface area (Å²) in [5, 5.41) is 13.7. The zero-order valence-electron chi connectivity index (χ0n) is 56.3. The molecule has 0 radical (unpaired) electrons. The second kappa shape index (κ2) is 28.6. The van der Waals surface area contributed by atoms with E-state index < -0.39 is 66.0 Å². The maximum Gasteiger partial charge on any atom is 0.423 e. The number of carbonyl (C=O) groups is 3. The fourth-order valence-electron chi connectivity index (χ4n) is 14.8. The summed E-state index contributed by atoms with van der Waals surface area (Å²) in [6.07, 6.45) is 11.1. The smallest absolute Gasteiger partial charge is 0.423 e. The Morgan fingerprint density at radius 2 is 0.964 bits per heavy atom. The Labute approximate surface area is 512 Å². The van der Waals surface area contributed by atoms with E-state index in [4.69, 9.17) is 20.8 Å². The van der Waals surface area contributed by atoms with Crippen molar-refractivity contribution in [2.75, 3.05) is 32.2 Å². The molecule has 2 atom stereocenters. The van der Waals surface area contributed by atoms with Crippen LogP contribution in [0.15, 0.2) is 36.9 Å². The van der Waals surface area contributed by atoms with Gasteiger partial charge in [-0.2, -0.15) is 0 Å². The van der Waals surface area contributed by atoms with Crippen LogP contribution < -0.4 is 0 Å². The zero-order chi connectivity index (χ0) is 64.9. The number of amides is 2. The monoisotopic (exact) mass is 1260 g/mol. The minimum Gasteiger partial charge on any atom is -0.443 e. The number of ether oxygens (including phenoxy) is 2. The van der Waals surface area contributed by atoms with Crippen LogP contribution in [0.3, 0.4) is 0 Å². The van der Waals surface area contributed by atoms with Gasteiger partial charge in [0.1, 0.15) is 22.5 Å². The predicted molar refractivity (Wildman–Crippen MR) is 353 cm³/mol. The van der Waals surface area contributed by atoms with E-state index in [1.165, 1.54) is 14.1 Å². The lowest BCUT2D eigenvalue weighted by Gasteiger charge is -2.44. The number of aryl methyl sites for hydroxylation is 2. The van der Waals surface area contributed by atoms with Crippen molar-refractivity contribution in [2.45, 2.75) is 240 Å². The lowest BCUT2D eigenvalue weighted by Crippen LogP contribution is -2.51. The number of hydrogen-bond acceptors (Lipinski definition) is 12. The highest BCUT2D eigenvalue weighted by Gasteiger charge is 2.48. The number of carbonyl (C=O) groups excluding carboxylic acids is 3. The van der Waals surface area contributed by atoms with Gasteiger partial charge in [0.2, 0.25) is 20.0 Å². The molecule has 16 nitrogen and oxygen atoms in total. The van der Waals surface area contributed by atoms with Gasteiger partial charge < -0.3 is 23.0 Å². The van der Waals surface area contributed by atoms with Crippen LogP contribution in [0.4, 0.5) is 9.59 Å².